The zero-order valence-electron chi connectivity index (χ0n) is 17.7. The fraction of sp³-hybridized carbons (Fsp3) is 0.167. The number of halogens is 3. The smallest absolute Gasteiger partial charge is 0.251 e. The van der Waals surface area contributed by atoms with Crippen LogP contribution in [0.2, 0.25) is 0 Å². The topological polar surface area (TPSA) is 93.0 Å². The van der Waals surface area contributed by atoms with Crippen LogP contribution in [0, 0.1) is 17.5 Å². The number of fused-ring (bicyclic) bond motifs is 1. The van der Waals surface area contributed by atoms with E-state index in [1.54, 1.807) is 31.4 Å². The first-order valence-electron chi connectivity index (χ1n) is 10.1. The fourth-order valence-electron chi connectivity index (χ4n) is 3.70. The molecule has 3 aromatic carbocycles. The van der Waals surface area contributed by atoms with Crippen LogP contribution in [-0.2, 0) is 11.2 Å². The number of primary amides is 1. The van der Waals surface area contributed by atoms with Gasteiger partial charge in [-0.2, -0.15) is 5.10 Å². The van der Waals surface area contributed by atoms with Crippen molar-refractivity contribution in [2.45, 2.75) is 6.42 Å². The van der Waals surface area contributed by atoms with E-state index in [0.717, 1.165) is 11.6 Å². The van der Waals surface area contributed by atoms with Crippen molar-refractivity contribution < 1.29 is 22.7 Å². The van der Waals surface area contributed by atoms with Crippen LogP contribution >= 0.6 is 0 Å². The first kappa shape index (κ1) is 22.3. The number of H-pyrrole nitrogens is 1. The molecule has 1 aromatic heterocycles. The predicted molar refractivity (Wildman–Crippen MR) is 120 cm³/mol. The van der Waals surface area contributed by atoms with E-state index < -0.39 is 23.4 Å². The molecule has 4 aromatic rings. The first-order chi connectivity index (χ1) is 15.9. The second kappa shape index (κ2) is 9.33. The number of anilines is 1. The average Bonchev–Trinajstić information content (AvgIpc) is 3.17. The van der Waals surface area contributed by atoms with Crippen molar-refractivity contribution in [2.75, 3.05) is 25.6 Å². The van der Waals surface area contributed by atoms with Gasteiger partial charge in [-0.25, -0.2) is 13.2 Å². The monoisotopic (exact) mass is 454 g/mol. The van der Waals surface area contributed by atoms with Crippen molar-refractivity contribution in [1.82, 2.24) is 10.2 Å². The molecule has 6 nitrogen and oxygen atoms in total. The van der Waals surface area contributed by atoms with E-state index in [1.807, 2.05) is 0 Å². The standard InChI is InChI=1S/C24H21F3N4O2/c1-33-5-4-29-17-11-19(22(27)20(12-17)24(28)32)23-18-9-13(2-3-21(18)30-31-23)6-14-7-15(25)10-16(26)8-14/h2-3,7-12,29H,4-6H2,1H3,(H2,28,32)(H,30,31). The number of methoxy groups -OCH3 is 1. The molecule has 4 rings (SSSR count). The highest BCUT2D eigenvalue weighted by atomic mass is 19.1. The summed E-state index contributed by atoms with van der Waals surface area (Å²) in [6.45, 7) is 0.851. The van der Waals surface area contributed by atoms with Gasteiger partial charge in [0, 0.05) is 36.4 Å². The molecule has 4 N–H and O–H groups in total. The Balaban J connectivity index is 1.77. The molecule has 0 unspecified atom stereocenters. The lowest BCUT2D eigenvalue weighted by molar-refractivity contribution is 0.0996. The lowest BCUT2D eigenvalue weighted by atomic mass is 9.99. The van der Waals surface area contributed by atoms with Gasteiger partial charge >= 0.3 is 0 Å². The Kier molecular flexibility index (Phi) is 6.32. The highest BCUT2D eigenvalue weighted by molar-refractivity contribution is 5.99. The van der Waals surface area contributed by atoms with E-state index in [1.165, 1.54) is 18.2 Å². The van der Waals surface area contributed by atoms with Crippen molar-refractivity contribution in [3.63, 3.8) is 0 Å². The van der Waals surface area contributed by atoms with Gasteiger partial charge in [0.15, 0.2) is 0 Å². The summed E-state index contributed by atoms with van der Waals surface area (Å²) in [6.07, 6.45) is 0.267. The van der Waals surface area contributed by atoms with E-state index in [-0.39, 0.29) is 23.2 Å². The third-order valence-corrected chi connectivity index (χ3v) is 5.19. The van der Waals surface area contributed by atoms with Crippen LogP contribution in [0.1, 0.15) is 21.5 Å². The van der Waals surface area contributed by atoms with Gasteiger partial charge < -0.3 is 15.8 Å². The van der Waals surface area contributed by atoms with Crippen molar-refractivity contribution in [2.24, 2.45) is 5.73 Å². The number of amides is 1. The van der Waals surface area contributed by atoms with Crippen molar-refractivity contribution in [1.29, 1.82) is 0 Å². The third kappa shape index (κ3) is 4.83. The molecule has 0 fully saturated rings. The average molecular weight is 454 g/mol. The summed E-state index contributed by atoms with van der Waals surface area (Å²) in [5.74, 6) is -3.01. The first-order valence-corrected chi connectivity index (χ1v) is 10.1. The predicted octanol–water partition coefficient (Wildman–Crippen LogP) is 4.40. The van der Waals surface area contributed by atoms with Crippen LogP contribution in [0.25, 0.3) is 22.2 Å². The summed E-state index contributed by atoms with van der Waals surface area (Å²) in [4.78, 5) is 11.8. The van der Waals surface area contributed by atoms with Gasteiger partial charge in [0.05, 0.1) is 17.7 Å². The van der Waals surface area contributed by atoms with Crippen LogP contribution in [0.4, 0.5) is 18.9 Å². The molecule has 0 bridgehead atoms. The molecule has 0 atom stereocenters. The maximum atomic E-state index is 15.2. The molecule has 0 saturated carbocycles. The van der Waals surface area contributed by atoms with Crippen LogP contribution < -0.4 is 11.1 Å². The maximum Gasteiger partial charge on any atom is 0.251 e. The summed E-state index contributed by atoms with van der Waals surface area (Å²) in [5, 5.41) is 10.8. The van der Waals surface area contributed by atoms with Crippen LogP contribution in [0.3, 0.4) is 0 Å². The summed E-state index contributed by atoms with van der Waals surface area (Å²) in [5.41, 5.74) is 7.83. The van der Waals surface area contributed by atoms with Gasteiger partial charge in [-0.3, -0.25) is 9.89 Å². The number of rotatable bonds is 8. The van der Waals surface area contributed by atoms with Crippen molar-refractivity contribution in [3.8, 4) is 11.3 Å². The van der Waals surface area contributed by atoms with Gasteiger partial charge in [-0.15, -0.1) is 0 Å². The lowest BCUT2D eigenvalue weighted by Crippen LogP contribution is -2.15. The number of nitrogens with zero attached hydrogens (tertiary/aromatic N) is 1. The summed E-state index contributed by atoms with van der Waals surface area (Å²) < 4.78 is 47.4. The Labute approximate surface area is 187 Å². The van der Waals surface area contributed by atoms with Crippen LogP contribution in [0.15, 0.2) is 48.5 Å². The molecule has 33 heavy (non-hydrogen) atoms. The SMILES string of the molecule is COCCNc1cc(C(N)=O)c(F)c(-c2n[nH]c3ccc(Cc4cc(F)cc(F)c4)cc23)c1. The van der Waals surface area contributed by atoms with E-state index in [4.69, 9.17) is 10.5 Å². The quantitative estimate of drug-likeness (QED) is 0.344. The Morgan fingerprint density at radius 1 is 1.06 bits per heavy atom. The third-order valence-electron chi connectivity index (χ3n) is 5.19. The molecule has 0 spiro atoms. The number of nitrogens with one attached hydrogen (secondary N) is 2. The van der Waals surface area contributed by atoms with Crippen molar-refractivity contribution in [3.05, 3.63) is 82.7 Å². The van der Waals surface area contributed by atoms with Gasteiger partial charge in [0.2, 0.25) is 0 Å². The number of carbonyl (C=O) groups is 1. The number of nitrogens with two attached hydrogens (primary N) is 1. The Morgan fingerprint density at radius 2 is 1.82 bits per heavy atom. The minimum absolute atomic E-state index is 0.0893. The Hall–Kier alpha value is -3.85. The molecular weight excluding hydrogens is 433 g/mol. The molecule has 1 amide bonds. The van der Waals surface area contributed by atoms with Crippen LogP contribution in [-0.4, -0.2) is 36.4 Å². The van der Waals surface area contributed by atoms with Gasteiger partial charge in [-0.05, 0) is 53.9 Å². The summed E-state index contributed by atoms with van der Waals surface area (Å²) in [6, 6.07) is 11.5. The minimum Gasteiger partial charge on any atom is -0.383 e. The number of benzene rings is 3. The zero-order chi connectivity index (χ0) is 23.5. The van der Waals surface area contributed by atoms with E-state index in [2.05, 4.69) is 15.5 Å². The molecule has 0 aliphatic heterocycles. The number of aromatic amines is 1. The molecule has 0 saturated heterocycles. The number of hydrogen-bond acceptors (Lipinski definition) is 4. The van der Waals surface area contributed by atoms with E-state index >= 15 is 4.39 Å². The Morgan fingerprint density at radius 3 is 2.52 bits per heavy atom. The van der Waals surface area contributed by atoms with Crippen LogP contribution in [0.5, 0.6) is 0 Å². The normalized spacial score (nSPS) is 11.2. The van der Waals surface area contributed by atoms with Gasteiger partial charge in [0.1, 0.15) is 23.1 Å². The molecule has 9 heteroatoms. The molecule has 0 aliphatic rings. The second-order valence-electron chi connectivity index (χ2n) is 7.58. The van der Waals surface area contributed by atoms with E-state index in [9.17, 15) is 13.6 Å². The zero-order valence-corrected chi connectivity index (χ0v) is 17.7. The fourth-order valence-corrected chi connectivity index (χ4v) is 3.70. The molecule has 1 heterocycles. The maximum absolute atomic E-state index is 15.2. The lowest BCUT2D eigenvalue weighted by Gasteiger charge is -2.11. The summed E-state index contributed by atoms with van der Waals surface area (Å²) in [7, 11) is 1.55. The molecular formula is C24H21F3N4O2. The number of aromatic nitrogens is 2. The molecule has 0 radical (unpaired) electrons. The minimum atomic E-state index is -0.905. The largest absolute Gasteiger partial charge is 0.383 e. The van der Waals surface area contributed by atoms with Gasteiger partial charge in [-0.1, -0.05) is 6.07 Å². The molecule has 170 valence electrons. The highest BCUT2D eigenvalue weighted by Crippen LogP contribution is 2.33. The molecule has 0 aliphatic carbocycles. The second-order valence-corrected chi connectivity index (χ2v) is 7.58. The number of ether oxygens (including phenoxy) is 1. The number of hydrogen-bond donors (Lipinski definition) is 3. The van der Waals surface area contributed by atoms with Gasteiger partial charge in [0.25, 0.3) is 5.91 Å². The highest BCUT2D eigenvalue weighted by Gasteiger charge is 2.20. The van der Waals surface area contributed by atoms with E-state index in [0.29, 0.717) is 35.3 Å². The Bertz CT molecular complexity index is 1320. The number of carbonyl (C=O) groups excluding carboxylic acids is 1. The van der Waals surface area contributed by atoms with Crippen molar-refractivity contribution >= 4 is 22.5 Å². The summed E-state index contributed by atoms with van der Waals surface area (Å²) >= 11 is 0.